The van der Waals surface area contributed by atoms with Crippen molar-refractivity contribution in [2.45, 2.75) is 30.0 Å². The summed E-state index contributed by atoms with van der Waals surface area (Å²) in [6.45, 7) is 4.81. The van der Waals surface area contributed by atoms with Crippen LogP contribution in [0.3, 0.4) is 0 Å². The zero-order valence-electron chi connectivity index (χ0n) is 16.4. The monoisotopic (exact) mass is 448 g/mol. The van der Waals surface area contributed by atoms with E-state index in [4.69, 9.17) is 4.74 Å². The number of halogens is 1. The lowest BCUT2D eigenvalue weighted by Crippen LogP contribution is -2.55. The molecule has 0 radical (unpaired) electrons. The number of ether oxygens (including phenoxy) is 1. The fourth-order valence-corrected chi connectivity index (χ4v) is 8.77. The molecule has 2 heterocycles. The average Bonchev–Trinajstić information content (AvgIpc) is 3.00. The highest BCUT2D eigenvalue weighted by molar-refractivity contribution is 7.96. The van der Waals surface area contributed by atoms with Gasteiger partial charge in [0.2, 0.25) is 0 Å². The van der Waals surface area contributed by atoms with Gasteiger partial charge in [-0.3, -0.25) is 4.90 Å². The molecule has 8 nitrogen and oxygen atoms in total. The molecular formula is C18H25FN2O6S2. The molecule has 2 fully saturated rings. The third-order valence-electron chi connectivity index (χ3n) is 5.44. The maximum Gasteiger partial charge on any atom is 0.409 e. The van der Waals surface area contributed by atoms with Gasteiger partial charge in [0, 0.05) is 32.2 Å². The molecule has 1 aromatic rings. The first-order valence-electron chi connectivity index (χ1n) is 9.41. The van der Waals surface area contributed by atoms with Gasteiger partial charge in [-0.15, -0.1) is 0 Å². The molecule has 1 amide bonds. The zero-order chi connectivity index (χ0) is 21.4. The Morgan fingerprint density at radius 2 is 1.86 bits per heavy atom. The lowest BCUT2D eigenvalue weighted by atomic mass is 10.2. The van der Waals surface area contributed by atoms with E-state index in [1.54, 1.807) is 6.92 Å². The lowest BCUT2D eigenvalue weighted by molar-refractivity contribution is 0.0700. The van der Waals surface area contributed by atoms with E-state index in [2.05, 4.69) is 0 Å². The summed E-state index contributed by atoms with van der Waals surface area (Å²) in [5.41, 5.74) is 0.187. The van der Waals surface area contributed by atoms with Crippen LogP contribution in [0.15, 0.2) is 23.1 Å². The fourth-order valence-electron chi connectivity index (χ4n) is 3.85. The van der Waals surface area contributed by atoms with Crippen LogP contribution in [-0.2, 0) is 24.4 Å². The Kier molecular flexibility index (Phi) is 6.21. The average molecular weight is 449 g/mol. The van der Waals surface area contributed by atoms with Gasteiger partial charge < -0.3 is 9.64 Å². The predicted molar refractivity (Wildman–Crippen MR) is 105 cm³/mol. The molecular weight excluding hydrogens is 423 g/mol. The highest BCUT2D eigenvalue weighted by Crippen LogP contribution is 2.30. The summed E-state index contributed by atoms with van der Waals surface area (Å²) >= 11 is 0. The van der Waals surface area contributed by atoms with Crippen LogP contribution in [-0.4, -0.2) is 88.3 Å². The van der Waals surface area contributed by atoms with E-state index in [1.807, 2.05) is 4.90 Å². The van der Waals surface area contributed by atoms with E-state index in [9.17, 15) is 26.0 Å². The second-order valence-electron chi connectivity index (χ2n) is 7.36. The molecule has 29 heavy (non-hydrogen) atoms. The molecule has 1 aromatic carbocycles. The standard InChI is InChI=1S/C18H25FN2O6S2/c1-3-27-18(22)21-8-6-20(7-9-21)16-11-28(23,24)12-17(16)29(25,26)14-4-5-15(19)13(2)10-14/h4-5,10,16-17H,3,6-9,11-12H2,1-2H3/t16-,17-/m1/s1. The first kappa shape index (κ1) is 22.0. The van der Waals surface area contributed by atoms with Crippen molar-refractivity contribution in [3.63, 3.8) is 0 Å². The summed E-state index contributed by atoms with van der Waals surface area (Å²) in [4.78, 5) is 15.1. The molecule has 0 aliphatic carbocycles. The van der Waals surface area contributed by atoms with Crippen molar-refractivity contribution < 1.29 is 30.8 Å². The van der Waals surface area contributed by atoms with Crippen LogP contribution >= 0.6 is 0 Å². The number of carbonyl (C=O) groups is 1. The van der Waals surface area contributed by atoms with Crippen LogP contribution < -0.4 is 0 Å². The molecule has 2 aliphatic rings. The van der Waals surface area contributed by atoms with Crippen LogP contribution in [0, 0.1) is 12.7 Å². The van der Waals surface area contributed by atoms with Crippen molar-refractivity contribution in [3.8, 4) is 0 Å². The maximum atomic E-state index is 13.6. The molecule has 0 unspecified atom stereocenters. The minimum Gasteiger partial charge on any atom is -0.450 e. The summed E-state index contributed by atoms with van der Waals surface area (Å²) in [6, 6.07) is 2.79. The van der Waals surface area contributed by atoms with E-state index in [1.165, 1.54) is 24.0 Å². The molecule has 162 valence electrons. The third-order valence-corrected chi connectivity index (χ3v) is 9.55. The van der Waals surface area contributed by atoms with Crippen LogP contribution in [0.1, 0.15) is 12.5 Å². The van der Waals surface area contributed by atoms with E-state index in [0.717, 1.165) is 6.07 Å². The maximum absolute atomic E-state index is 13.6. The Labute approximate surface area is 170 Å². The second kappa shape index (κ2) is 8.19. The number of piperazine rings is 1. The number of sulfone groups is 2. The van der Waals surface area contributed by atoms with Crippen molar-refractivity contribution >= 4 is 25.8 Å². The van der Waals surface area contributed by atoms with E-state index >= 15 is 0 Å². The molecule has 3 rings (SSSR count). The SMILES string of the molecule is CCOC(=O)N1CCN([C@@H]2CS(=O)(=O)C[C@H]2S(=O)(=O)c2ccc(F)c(C)c2)CC1. The van der Waals surface area contributed by atoms with Gasteiger partial charge in [-0.1, -0.05) is 0 Å². The minimum absolute atomic E-state index is 0.0753. The van der Waals surface area contributed by atoms with Gasteiger partial charge in [-0.05, 0) is 37.6 Å². The number of hydrogen-bond donors (Lipinski definition) is 0. The zero-order valence-corrected chi connectivity index (χ0v) is 18.0. The number of hydrogen-bond acceptors (Lipinski definition) is 7. The van der Waals surface area contributed by atoms with E-state index < -0.39 is 48.6 Å². The van der Waals surface area contributed by atoms with Gasteiger partial charge in [-0.25, -0.2) is 26.0 Å². The van der Waals surface area contributed by atoms with Crippen LogP contribution in [0.2, 0.25) is 0 Å². The third kappa shape index (κ3) is 4.56. The molecule has 0 saturated carbocycles. The largest absolute Gasteiger partial charge is 0.450 e. The van der Waals surface area contributed by atoms with Gasteiger partial charge in [0.05, 0.1) is 28.3 Å². The van der Waals surface area contributed by atoms with Gasteiger partial charge in [0.25, 0.3) is 0 Å². The summed E-state index contributed by atoms with van der Waals surface area (Å²) in [6.07, 6.45) is -0.433. The van der Waals surface area contributed by atoms with Gasteiger partial charge in [0.15, 0.2) is 19.7 Å². The fraction of sp³-hybridized carbons (Fsp3) is 0.611. The Balaban J connectivity index is 1.83. The summed E-state index contributed by atoms with van der Waals surface area (Å²) in [7, 11) is -7.52. The van der Waals surface area contributed by atoms with Crippen molar-refractivity contribution in [1.29, 1.82) is 0 Å². The number of nitrogens with zero attached hydrogens (tertiary/aromatic N) is 2. The summed E-state index contributed by atoms with van der Waals surface area (Å²) in [5, 5.41) is -1.13. The molecule has 2 saturated heterocycles. The quantitative estimate of drug-likeness (QED) is 0.630. The van der Waals surface area contributed by atoms with Crippen molar-refractivity contribution in [3.05, 3.63) is 29.6 Å². The van der Waals surface area contributed by atoms with Crippen molar-refractivity contribution in [2.24, 2.45) is 0 Å². The number of carbonyl (C=O) groups excluding carboxylic acids is 1. The number of benzene rings is 1. The predicted octanol–water partition coefficient (Wildman–Crippen LogP) is 0.848. The van der Waals surface area contributed by atoms with E-state index in [-0.39, 0.29) is 22.8 Å². The highest BCUT2D eigenvalue weighted by Gasteiger charge is 2.48. The Morgan fingerprint density at radius 1 is 1.21 bits per heavy atom. The van der Waals surface area contributed by atoms with E-state index in [0.29, 0.717) is 26.2 Å². The number of rotatable bonds is 4. The van der Waals surface area contributed by atoms with Gasteiger partial charge in [-0.2, -0.15) is 0 Å². The topological polar surface area (TPSA) is 101 Å². The first-order chi connectivity index (χ1) is 13.5. The van der Waals surface area contributed by atoms with Crippen molar-refractivity contribution in [2.75, 3.05) is 44.3 Å². The smallest absolute Gasteiger partial charge is 0.409 e. The van der Waals surface area contributed by atoms with Crippen LogP contribution in [0.5, 0.6) is 0 Å². The van der Waals surface area contributed by atoms with Crippen molar-refractivity contribution in [1.82, 2.24) is 9.80 Å². The molecule has 2 aliphatic heterocycles. The normalized spacial score (nSPS) is 25.1. The van der Waals surface area contributed by atoms with Crippen LogP contribution in [0.25, 0.3) is 0 Å². The number of amides is 1. The molecule has 0 aromatic heterocycles. The first-order valence-corrected chi connectivity index (χ1v) is 12.8. The minimum atomic E-state index is -3.98. The molecule has 2 atom stereocenters. The van der Waals surface area contributed by atoms with Crippen LogP contribution in [0.4, 0.5) is 9.18 Å². The second-order valence-corrected chi connectivity index (χ2v) is 11.7. The van der Waals surface area contributed by atoms with Gasteiger partial charge >= 0.3 is 6.09 Å². The molecule has 11 heteroatoms. The Hall–Kier alpha value is -1.72. The Bertz CT molecular complexity index is 988. The molecule has 0 N–H and O–H groups in total. The lowest BCUT2D eigenvalue weighted by Gasteiger charge is -2.38. The molecule has 0 bridgehead atoms. The Morgan fingerprint density at radius 3 is 2.45 bits per heavy atom. The summed E-state index contributed by atoms with van der Waals surface area (Å²) < 4.78 is 69.6. The number of aryl methyl sites for hydroxylation is 1. The molecule has 0 spiro atoms. The van der Waals surface area contributed by atoms with Gasteiger partial charge in [0.1, 0.15) is 5.82 Å². The summed E-state index contributed by atoms with van der Waals surface area (Å²) in [5.74, 6) is -1.24. The highest BCUT2D eigenvalue weighted by atomic mass is 32.2.